The highest BCUT2D eigenvalue weighted by atomic mass is 15.4. The first-order valence-corrected chi connectivity index (χ1v) is 6.90. The zero-order valence-corrected chi connectivity index (χ0v) is 11.2. The largest absolute Gasteiger partial charge is 0.329 e. The molecule has 6 nitrogen and oxygen atoms in total. The van der Waals surface area contributed by atoms with Crippen LogP contribution in [0.5, 0.6) is 0 Å². The lowest BCUT2D eigenvalue weighted by molar-refractivity contribution is 0.787. The number of aromatic nitrogens is 4. The lowest BCUT2D eigenvalue weighted by Gasteiger charge is -2.12. The van der Waals surface area contributed by atoms with Crippen molar-refractivity contribution in [3.8, 4) is 11.8 Å². The maximum atomic E-state index is 4.35. The van der Waals surface area contributed by atoms with Gasteiger partial charge in [0.05, 0.1) is 13.1 Å². The molecule has 2 aromatic heterocycles. The highest BCUT2D eigenvalue weighted by molar-refractivity contribution is 5.39. The van der Waals surface area contributed by atoms with Crippen LogP contribution in [0.1, 0.15) is 0 Å². The number of fused-ring (bicyclic) bond motifs is 2. The Bertz CT molecular complexity index is 617. The molecule has 20 heavy (non-hydrogen) atoms. The molecule has 0 bridgehead atoms. The van der Waals surface area contributed by atoms with E-state index in [1.165, 1.54) is 0 Å². The van der Waals surface area contributed by atoms with Crippen LogP contribution >= 0.6 is 0 Å². The summed E-state index contributed by atoms with van der Waals surface area (Å²) in [6.07, 6.45) is 7.73. The first-order valence-electron chi connectivity index (χ1n) is 6.90. The summed E-state index contributed by atoms with van der Waals surface area (Å²) in [6.45, 7) is 5.54. The average Bonchev–Trinajstić information content (AvgIpc) is 3.18. The van der Waals surface area contributed by atoms with Crippen LogP contribution in [0.15, 0.2) is 24.8 Å². The molecular weight excluding hydrogens is 252 g/mol. The second-order valence-corrected chi connectivity index (χ2v) is 5.04. The van der Waals surface area contributed by atoms with E-state index in [4.69, 9.17) is 0 Å². The van der Waals surface area contributed by atoms with Crippen molar-refractivity contribution >= 4 is 11.9 Å². The van der Waals surface area contributed by atoms with Gasteiger partial charge in [0.1, 0.15) is 0 Å². The van der Waals surface area contributed by atoms with Crippen molar-refractivity contribution < 1.29 is 0 Å². The van der Waals surface area contributed by atoms with E-state index in [0.29, 0.717) is 0 Å². The summed E-state index contributed by atoms with van der Waals surface area (Å²) in [6, 6.07) is 0. The summed E-state index contributed by atoms with van der Waals surface area (Å²) in [5.41, 5.74) is 0. The fourth-order valence-electron chi connectivity index (χ4n) is 2.78. The Kier molecular flexibility index (Phi) is 2.62. The van der Waals surface area contributed by atoms with Gasteiger partial charge in [0, 0.05) is 51.0 Å². The molecule has 0 aliphatic carbocycles. The summed E-state index contributed by atoms with van der Waals surface area (Å²) in [5, 5.41) is 0. The Balaban J connectivity index is 1.36. The van der Waals surface area contributed by atoms with Crippen LogP contribution in [0.25, 0.3) is 0 Å². The van der Waals surface area contributed by atoms with Gasteiger partial charge in [-0.3, -0.25) is 0 Å². The van der Waals surface area contributed by atoms with Crippen LogP contribution in [0.3, 0.4) is 0 Å². The normalized spacial score (nSPS) is 16.0. The predicted molar refractivity (Wildman–Crippen MR) is 76.7 cm³/mol. The molecule has 0 N–H and O–H groups in total. The van der Waals surface area contributed by atoms with Gasteiger partial charge >= 0.3 is 0 Å². The minimum absolute atomic E-state index is 0.749. The Morgan fingerprint density at radius 1 is 0.800 bits per heavy atom. The molecule has 0 aromatic carbocycles. The van der Waals surface area contributed by atoms with Crippen molar-refractivity contribution in [3.05, 3.63) is 24.8 Å². The van der Waals surface area contributed by atoms with E-state index in [0.717, 1.165) is 51.2 Å². The Labute approximate surface area is 117 Å². The van der Waals surface area contributed by atoms with E-state index >= 15 is 0 Å². The summed E-state index contributed by atoms with van der Waals surface area (Å²) in [4.78, 5) is 13.1. The molecule has 2 aromatic rings. The smallest absolute Gasteiger partial charge is 0.206 e. The van der Waals surface area contributed by atoms with E-state index in [2.05, 4.69) is 40.7 Å². The standard InChI is InChI=1S/C14H16N6/c1(5-17-9-11-19-7-3-15-13(17)19)2-6-18-10-12-20-8-4-16-14(18)20/h3-4,7-8H,5-6,9-12H2. The Hall–Kier alpha value is -2.42. The Morgan fingerprint density at radius 3 is 1.80 bits per heavy atom. The highest BCUT2D eigenvalue weighted by Crippen LogP contribution is 2.18. The summed E-state index contributed by atoms with van der Waals surface area (Å²) >= 11 is 0. The molecule has 0 fully saturated rings. The molecule has 4 heterocycles. The maximum Gasteiger partial charge on any atom is 0.206 e. The number of nitrogens with zero attached hydrogens (tertiary/aromatic N) is 6. The minimum atomic E-state index is 0.749. The molecule has 0 unspecified atom stereocenters. The highest BCUT2D eigenvalue weighted by Gasteiger charge is 2.19. The van der Waals surface area contributed by atoms with Gasteiger partial charge in [-0.2, -0.15) is 0 Å². The lowest BCUT2D eigenvalue weighted by atomic mass is 10.4. The second-order valence-electron chi connectivity index (χ2n) is 5.04. The van der Waals surface area contributed by atoms with Crippen LogP contribution in [-0.2, 0) is 13.1 Å². The van der Waals surface area contributed by atoms with Gasteiger partial charge in [-0.15, -0.1) is 0 Å². The van der Waals surface area contributed by atoms with Gasteiger partial charge in [0.25, 0.3) is 0 Å². The van der Waals surface area contributed by atoms with Gasteiger partial charge in [0.15, 0.2) is 0 Å². The van der Waals surface area contributed by atoms with Gasteiger partial charge in [-0.1, -0.05) is 11.8 Å². The quantitative estimate of drug-likeness (QED) is 0.741. The van der Waals surface area contributed by atoms with E-state index in [-0.39, 0.29) is 0 Å². The van der Waals surface area contributed by atoms with Gasteiger partial charge in [0.2, 0.25) is 11.9 Å². The van der Waals surface area contributed by atoms with Crippen molar-refractivity contribution in [2.45, 2.75) is 13.1 Å². The molecule has 4 rings (SSSR count). The molecule has 0 saturated heterocycles. The third-order valence-electron chi connectivity index (χ3n) is 3.84. The number of imidazole rings is 2. The first-order chi connectivity index (χ1) is 9.92. The zero-order chi connectivity index (χ0) is 13.4. The van der Waals surface area contributed by atoms with Crippen LogP contribution in [0.4, 0.5) is 11.9 Å². The van der Waals surface area contributed by atoms with Gasteiger partial charge in [-0.05, 0) is 0 Å². The monoisotopic (exact) mass is 268 g/mol. The van der Waals surface area contributed by atoms with Crippen molar-refractivity contribution in [2.24, 2.45) is 0 Å². The van der Waals surface area contributed by atoms with Crippen LogP contribution < -0.4 is 9.80 Å². The molecular formula is C14H16N6. The van der Waals surface area contributed by atoms with Crippen molar-refractivity contribution in [1.82, 2.24) is 19.1 Å². The molecule has 0 radical (unpaired) electrons. The lowest BCUT2D eigenvalue weighted by Crippen LogP contribution is -2.23. The van der Waals surface area contributed by atoms with Crippen molar-refractivity contribution in [2.75, 3.05) is 36.0 Å². The fraction of sp³-hybridized carbons (Fsp3) is 0.429. The first kappa shape index (κ1) is 11.4. The maximum absolute atomic E-state index is 4.35. The zero-order valence-electron chi connectivity index (χ0n) is 11.2. The number of hydrogen-bond acceptors (Lipinski definition) is 4. The van der Waals surface area contributed by atoms with Gasteiger partial charge < -0.3 is 18.9 Å². The van der Waals surface area contributed by atoms with Crippen LogP contribution in [-0.4, -0.2) is 45.3 Å². The van der Waals surface area contributed by atoms with E-state index in [1.54, 1.807) is 0 Å². The molecule has 2 aliphatic heterocycles. The fourth-order valence-corrected chi connectivity index (χ4v) is 2.78. The molecule has 0 atom stereocenters. The summed E-state index contributed by atoms with van der Waals surface area (Å²) in [7, 11) is 0. The topological polar surface area (TPSA) is 42.1 Å². The number of anilines is 2. The van der Waals surface area contributed by atoms with E-state index in [1.807, 2.05) is 24.8 Å². The molecule has 0 saturated carbocycles. The molecule has 6 heteroatoms. The third kappa shape index (κ3) is 1.83. The van der Waals surface area contributed by atoms with Crippen LogP contribution in [0, 0.1) is 11.8 Å². The van der Waals surface area contributed by atoms with E-state index < -0.39 is 0 Å². The predicted octanol–water partition coefficient (Wildman–Crippen LogP) is 0.423. The summed E-state index contributed by atoms with van der Waals surface area (Å²) in [5.74, 6) is 8.58. The van der Waals surface area contributed by atoms with Crippen molar-refractivity contribution in [3.63, 3.8) is 0 Å². The van der Waals surface area contributed by atoms with Crippen molar-refractivity contribution in [1.29, 1.82) is 0 Å². The molecule has 102 valence electrons. The average molecular weight is 268 g/mol. The van der Waals surface area contributed by atoms with Gasteiger partial charge in [-0.25, -0.2) is 9.97 Å². The summed E-state index contributed by atoms with van der Waals surface area (Å²) < 4.78 is 4.33. The van der Waals surface area contributed by atoms with E-state index in [9.17, 15) is 0 Å². The molecule has 0 amide bonds. The third-order valence-corrected chi connectivity index (χ3v) is 3.84. The number of hydrogen-bond donors (Lipinski definition) is 0. The Morgan fingerprint density at radius 2 is 1.30 bits per heavy atom. The minimum Gasteiger partial charge on any atom is -0.329 e. The van der Waals surface area contributed by atoms with Crippen LogP contribution in [0.2, 0.25) is 0 Å². The SMILES string of the molecule is C(#CCN1CCn2ccnc21)CN1CCn2ccnc21. The molecule has 2 aliphatic rings. The number of rotatable bonds is 2. The second kappa shape index (κ2) is 4.60. The molecule has 0 spiro atoms.